The van der Waals surface area contributed by atoms with Gasteiger partial charge < -0.3 is 9.80 Å². The minimum absolute atomic E-state index is 1.15. The highest BCUT2D eigenvalue weighted by molar-refractivity contribution is 5.80. The number of unbranched alkanes of at least 4 members (excludes halogenated alkanes) is 10. The van der Waals surface area contributed by atoms with Gasteiger partial charge in [-0.05, 0) is 121 Å². The lowest BCUT2D eigenvalue weighted by Crippen LogP contribution is -2.10. The molecule has 0 fully saturated rings. The maximum atomic E-state index is 2.36. The molecule has 278 valence electrons. The van der Waals surface area contributed by atoms with Crippen molar-refractivity contribution < 1.29 is 0 Å². The summed E-state index contributed by atoms with van der Waals surface area (Å²) in [4.78, 5) is 4.72. The van der Waals surface area contributed by atoms with Gasteiger partial charge in [0.15, 0.2) is 0 Å². The van der Waals surface area contributed by atoms with Crippen LogP contribution in [-0.4, -0.2) is 0 Å². The molecule has 6 aromatic carbocycles. The van der Waals surface area contributed by atoms with Crippen LogP contribution in [0.3, 0.4) is 0 Å². The predicted octanol–water partition coefficient (Wildman–Crippen LogP) is 16.1. The topological polar surface area (TPSA) is 6.48 Å². The second-order valence-corrected chi connectivity index (χ2v) is 14.8. The van der Waals surface area contributed by atoms with Crippen LogP contribution < -0.4 is 9.80 Å². The van der Waals surface area contributed by atoms with E-state index in [1.807, 2.05) is 0 Å². The third-order valence-corrected chi connectivity index (χ3v) is 10.6. The van der Waals surface area contributed by atoms with Crippen molar-refractivity contribution in [3.63, 3.8) is 0 Å². The first-order valence-electron chi connectivity index (χ1n) is 20.8. The van der Waals surface area contributed by atoms with Crippen LogP contribution in [0.4, 0.5) is 34.1 Å². The zero-order valence-electron chi connectivity index (χ0n) is 32.8. The Morgan fingerprint density at radius 2 is 0.556 bits per heavy atom. The maximum absolute atomic E-state index is 2.36. The van der Waals surface area contributed by atoms with Crippen molar-refractivity contribution in [2.24, 2.45) is 0 Å². The Kier molecular flexibility index (Phi) is 15.0. The number of hydrogen-bond donors (Lipinski definition) is 0. The average Bonchev–Trinajstić information content (AvgIpc) is 3.23. The van der Waals surface area contributed by atoms with Gasteiger partial charge in [0.05, 0.1) is 0 Å². The molecule has 6 aromatic rings. The molecule has 2 nitrogen and oxygen atoms in total. The van der Waals surface area contributed by atoms with Gasteiger partial charge in [-0.25, -0.2) is 0 Å². The summed E-state index contributed by atoms with van der Waals surface area (Å²) in [6.07, 6.45) is 18.3. The molecule has 0 radical (unpaired) electrons. The Morgan fingerprint density at radius 3 is 0.889 bits per heavy atom. The normalized spacial score (nSPS) is 11.1. The van der Waals surface area contributed by atoms with Crippen molar-refractivity contribution in [3.05, 3.63) is 169 Å². The van der Waals surface area contributed by atoms with Crippen LogP contribution in [-0.2, 0) is 12.8 Å². The Hall–Kier alpha value is -5.08. The van der Waals surface area contributed by atoms with E-state index in [0.29, 0.717) is 0 Å². The van der Waals surface area contributed by atoms with Crippen molar-refractivity contribution in [3.8, 4) is 11.1 Å². The molecule has 0 atom stereocenters. The SMILES string of the molecule is CCCCCCCCc1ccc(N(c2ccccc2)c2ccc(-c3ccc(N(c4ccccc4)c4ccc(CCCCCCCC)cc4)cc3)cc2)cc1. The molecule has 6 rings (SSSR count). The fourth-order valence-corrected chi connectivity index (χ4v) is 7.50. The highest BCUT2D eigenvalue weighted by Gasteiger charge is 2.15. The smallest absolute Gasteiger partial charge is 0.0462 e. The molecule has 54 heavy (non-hydrogen) atoms. The first-order valence-corrected chi connectivity index (χ1v) is 20.8. The van der Waals surface area contributed by atoms with Gasteiger partial charge in [-0.1, -0.05) is 163 Å². The van der Waals surface area contributed by atoms with Crippen molar-refractivity contribution >= 4 is 34.1 Å². The molecule has 0 heterocycles. The molecule has 0 saturated heterocycles. The number of nitrogens with zero attached hydrogens (tertiary/aromatic N) is 2. The molecule has 0 unspecified atom stereocenters. The summed E-state index contributed by atoms with van der Waals surface area (Å²) in [7, 11) is 0. The first-order chi connectivity index (χ1) is 26.7. The van der Waals surface area contributed by atoms with Crippen LogP contribution in [0, 0.1) is 0 Å². The molecule has 0 aromatic heterocycles. The average molecular weight is 713 g/mol. The van der Waals surface area contributed by atoms with Crippen LogP contribution in [0.25, 0.3) is 11.1 Å². The number of rotatable bonds is 21. The molecule has 0 amide bonds. The van der Waals surface area contributed by atoms with E-state index < -0.39 is 0 Å². The summed E-state index contributed by atoms with van der Waals surface area (Å²) in [5.41, 5.74) is 12.3. The second-order valence-electron chi connectivity index (χ2n) is 14.8. The van der Waals surface area contributed by atoms with E-state index in [1.54, 1.807) is 0 Å². The van der Waals surface area contributed by atoms with E-state index in [0.717, 1.165) is 35.6 Å². The quantitative estimate of drug-likeness (QED) is 0.0686. The maximum Gasteiger partial charge on any atom is 0.0462 e. The summed E-state index contributed by atoms with van der Waals surface area (Å²) in [6.45, 7) is 4.56. The summed E-state index contributed by atoms with van der Waals surface area (Å²) in [6, 6.07) is 57.9. The molecule has 0 aliphatic carbocycles. The molecule has 0 bridgehead atoms. The summed E-state index contributed by atoms with van der Waals surface area (Å²) >= 11 is 0. The van der Waals surface area contributed by atoms with Crippen molar-refractivity contribution in [2.45, 2.75) is 104 Å². The lowest BCUT2D eigenvalue weighted by molar-refractivity contribution is 0.607. The predicted molar refractivity (Wildman–Crippen MR) is 235 cm³/mol. The van der Waals surface area contributed by atoms with Gasteiger partial charge >= 0.3 is 0 Å². The highest BCUT2D eigenvalue weighted by atomic mass is 15.1. The third-order valence-electron chi connectivity index (χ3n) is 10.6. The summed E-state index contributed by atoms with van der Waals surface area (Å²) in [5, 5.41) is 0. The Morgan fingerprint density at radius 1 is 0.278 bits per heavy atom. The monoisotopic (exact) mass is 712 g/mol. The zero-order chi connectivity index (χ0) is 37.2. The van der Waals surface area contributed by atoms with E-state index in [1.165, 1.54) is 111 Å². The van der Waals surface area contributed by atoms with Gasteiger partial charge in [0, 0.05) is 34.1 Å². The van der Waals surface area contributed by atoms with Crippen molar-refractivity contribution in [2.75, 3.05) is 9.80 Å². The zero-order valence-corrected chi connectivity index (χ0v) is 32.8. The van der Waals surface area contributed by atoms with Crippen LogP contribution in [0.5, 0.6) is 0 Å². The largest absolute Gasteiger partial charge is 0.311 e. The van der Waals surface area contributed by atoms with Crippen LogP contribution >= 0.6 is 0 Å². The summed E-state index contributed by atoms with van der Waals surface area (Å²) < 4.78 is 0. The highest BCUT2D eigenvalue weighted by Crippen LogP contribution is 2.38. The number of benzene rings is 6. The standard InChI is InChI=1S/C52H60N2/c1-3-5-7-9-11-15-21-43-27-35-49(36-28-43)53(47-23-17-13-18-24-47)51-39-31-45(32-40-51)46-33-41-52(42-34-46)54(48-25-19-14-20-26-48)50-37-29-44(30-38-50)22-16-12-10-8-6-4-2/h13-14,17-20,23-42H,3-12,15-16,21-22H2,1-2H3. The minimum Gasteiger partial charge on any atom is -0.311 e. The lowest BCUT2D eigenvalue weighted by Gasteiger charge is -2.26. The number of anilines is 6. The van der Waals surface area contributed by atoms with Gasteiger partial charge in [0.1, 0.15) is 0 Å². The number of hydrogen-bond acceptors (Lipinski definition) is 2. The van der Waals surface area contributed by atoms with Gasteiger partial charge in [-0.3, -0.25) is 0 Å². The third kappa shape index (κ3) is 11.0. The van der Waals surface area contributed by atoms with E-state index in [4.69, 9.17) is 0 Å². The molecular formula is C52H60N2. The van der Waals surface area contributed by atoms with E-state index in [-0.39, 0.29) is 0 Å². The van der Waals surface area contributed by atoms with Crippen LogP contribution in [0.2, 0.25) is 0 Å². The van der Waals surface area contributed by atoms with E-state index in [2.05, 4.69) is 181 Å². The lowest BCUT2D eigenvalue weighted by atomic mass is 10.0. The van der Waals surface area contributed by atoms with E-state index >= 15 is 0 Å². The number of para-hydroxylation sites is 2. The van der Waals surface area contributed by atoms with E-state index in [9.17, 15) is 0 Å². The van der Waals surface area contributed by atoms with Crippen LogP contribution in [0.1, 0.15) is 102 Å². The van der Waals surface area contributed by atoms with Gasteiger partial charge in [0.25, 0.3) is 0 Å². The Labute approximate surface area is 326 Å². The second kappa shape index (κ2) is 21.0. The molecule has 0 spiro atoms. The summed E-state index contributed by atoms with van der Waals surface area (Å²) in [5.74, 6) is 0. The fraction of sp³-hybridized carbons (Fsp3) is 0.308. The fourth-order valence-electron chi connectivity index (χ4n) is 7.50. The van der Waals surface area contributed by atoms with Crippen LogP contribution in [0.15, 0.2) is 158 Å². The van der Waals surface area contributed by atoms with Gasteiger partial charge in [-0.15, -0.1) is 0 Å². The molecule has 0 N–H and O–H groups in total. The molecule has 0 aliphatic rings. The Bertz CT molecular complexity index is 1750. The minimum atomic E-state index is 1.15. The Balaban J connectivity index is 1.16. The molecule has 0 aliphatic heterocycles. The molecular weight excluding hydrogens is 653 g/mol. The molecule has 2 heteroatoms. The first kappa shape index (κ1) is 38.6. The van der Waals surface area contributed by atoms with Crippen molar-refractivity contribution in [1.29, 1.82) is 0 Å². The van der Waals surface area contributed by atoms with Gasteiger partial charge in [-0.2, -0.15) is 0 Å². The number of aryl methyl sites for hydroxylation is 2. The van der Waals surface area contributed by atoms with Crippen molar-refractivity contribution in [1.82, 2.24) is 0 Å². The van der Waals surface area contributed by atoms with Gasteiger partial charge in [0.2, 0.25) is 0 Å². The molecule has 0 saturated carbocycles.